The molecule has 1 aliphatic heterocycles. The fourth-order valence-corrected chi connectivity index (χ4v) is 4.68. The molecule has 1 N–H and O–H groups in total. The molecule has 5 rings (SSSR count). The van der Waals surface area contributed by atoms with Gasteiger partial charge in [0, 0.05) is 25.5 Å². The van der Waals surface area contributed by atoms with Gasteiger partial charge in [0.25, 0.3) is 5.91 Å². The lowest BCUT2D eigenvalue weighted by Gasteiger charge is -2.30. The zero-order chi connectivity index (χ0) is 19.1. The molecule has 146 valence electrons. The molecule has 0 spiro atoms. The van der Waals surface area contributed by atoms with E-state index in [4.69, 9.17) is 5.10 Å². The predicted octanol–water partition coefficient (Wildman–Crippen LogP) is 3.51. The van der Waals surface area contributed by atoms with Gasteiger partial charge >= 0.3 is 0 Å². The molecule has 4 heterocycles. The number of aliphatic hydroxyl groups excluding tert-OH is 1. The number of rotatable bonds is 3. The summed E-state index contributed by atoms with van der Waals surface area (Å²) in [7, 11) is 0. The summed E-state index contributed by atoms with van der Waals surface area (Å²) >= 11 is 0. The van der Waals surface area contributed by atoms with E-state index in [2.05, 4.69) is 15.3 Å². The van der Waals surface area contributed by atoms with Crippen molar-refractivity contribution in [1.29, 1.82) is 0 Å². The molecule has 6 heteroatoms. The Morgan fingerprint density at radius 3 is 2.75 bits per heavy atom. The van der Waals surface area contributed by atoms with E-state index in [0.29, 0.717) is 24.7 Å². The van der Waals surface area contributed by atoms with Crippen LogP contribution in [0, 0.1) is 0 Å². The zero-order valence-electron chi connectivity index (χ0n) is 16.0. The Morgan fingerprint density at radius 2 is 1.93 bits per heavy atom. The van der Waals surface area contributed by atoms with E-state index in [1.54, 1.807) is 4.90 Å². The first-order valence-electron chi connectivity index (χ1n) is 10.3. The fourth-order valence-electron chi connectivity index (χ4n) is 4.68. The van der Waals surface area contributed by atoms with Crippen molar-refractivity contribution in [3.63, 3.8) is 0 Å². The van der Waals surface area contributed by atoms with E-state index >= 15 is 0 Å². The van der Waals surface area contributed by atoms with Crippen molar-refractivity contribution in [1.82, 2.24) is 19.1 Å². The molecule has 1 amide bonds. The van der Waals surface area contributed by atoms with Crippen LogP contribution in [-0.4, -0.2) is 49.3 Å². The van der Waals surface area contributed by atoms with Crippen LogP contribution in [0.1, 0.15) is 54.9 Å². The maximum absolute atomic E-state index is 13.2. The van der Waals surface area contributed by atoms with Gasteiger partial charge < -0.3 is 14.4 Å². The number of aliphatic hydroxyl groups is 1. The minimum absolute atomic E-state index is 0.0103. The Kier molecular flexibility index (Phi) is 4.43. The maximum atomic E-state index is 13.2. The van der Waals surface area contributed by atoms with E-state index in [1.807, 2.05) is 36.5 Å². The summed E-state index contributed by atoms with van der Waals surface area (Å²) in [6.07, 6.45) is 10.2. The monoisotopic (exact) mass is 378 g/mol. The van der Waals surface area contributed by atoms with E-state index < -0.39 is 6.10 Å². The molecule has 6 nitrogen and oxygen atoms in total. The summed E-state index contributed by atoms with van der Waals surface area (Å²) in [4.78, 5) is 15.0. The number of aromatic nitrogens is 3. The number of β-amino-alcohol motifs (C(OH)–C–C–N with tert-alkyl or cyclic N) is 1. The molecule has 2 fully saturated rings. The van der Waals surface area contributed by atoms with E-state index in [0.717, 1.165) is 29.7 Å². The summed E-state index contributed by atoms with van der Waals surface area (Å²) in [5.41, 5.74) is 3.40. The van der Waals surface area contributed by atoms with E-state index in [9.17, 15) is 9.90 Å². The van der Waals surface area contributed by atoms with Crippen LogP contribution in [0.3, 0.4) is 0 Å². The smallest absolute Gasteiger partial charge is 0.256 e. The third kappa shape index (κ3) is 3.02. The SMILES string of the molecule is O=C(c1cc(-c2ccn(C3CCCC3)n2)n2ccccc12)N1CCCC(O)C1. The number of fused-ring (bicyclic) bond motifs is 1. The molecule has 1 unspecified atom stereocenters. The molecule has 0 bridgehead atoms. The van der Waals surface area contributed by atoms with E-state index in [1.165, 1.54) is 25.7 Å². The van der Waals surface area contributed by atoms with Gasteiger partial charge in [0.2, 0.25) is 0 Å². The molecule has 0 aromatic carbocycles. The number of carbonyl (C=O) groups excluding carboxylic acids is 1. The molecular weight excluding hydrogens is 352 g/mol. The first-order chi connectivity index (χ1) is 13.7. The Balaban J connectivity index is 1.53. The minimum Gasteiger partial charge on any atom is -0.391 e. The molecule has 1 atom stereocenters. The molecule has 3 aromatic heterocycles. The van der Waals surface area contributed by atoms with Crippen LogP contribution in [0.5, 0.6) is 0 Å². The first kappa shape index (κ1) is 17.5. The van der Waals surface area contributed by atoms with Gasteiger partial charge in [0.1, 0.15) is 5.69 Å². The lowest BCUT2D eigenvalue weighted by Crippen LogP contribution is -2.42. The number of likely N-dealkylation sites (tertiary alicyclic amines) is 1. The highest BCUT2D eigenvalue weighted by molar-refractivity contribution is 6.02. The molecule has 1 saturated carbocycles. The number of hydrogen-bond acceptors (Lipinski definition) is 3. The quantitative estimate of drug-likeness (QED) is 0.759. The van der Waals surface area contributed by atoms with Crippen LogP contribution in [0.2, 0.25) is 0 Å². The third-order valence-electron chi connectivity index (χ3n) is 6.16. The lowest BCUT2D eigenvalue weighted by atomic mass is 10.1. The van der Waals surface area contributed by atoms with Gasteiger partial charge in [-0.2, -0.15) is 5.10 Å². The summed E-state index contributed by atoms with van der Waals surface area (Å²) in [5, 5.41) is 14.8. The number of piperidine rings is 1. The van der Waals surface area contributed by atoms with Crippen LogP contribution >= 0.6 is 0 Å². The van der Waals surface area contributed by atoms with Crippen LogP contribution in [0.15, 0.2) is 42.7 Å². The molecule has 2 aliphatic rings. The number of carbonyl (C=O) groups is 1. The molecule has 1 aliphatic carbocycles. The molecule has 1 saturated heterocycles. The van der Waals surface area contributed by atoms with Gasteiger partial charge in [-0.25, -0.2) is 0 Å². The molecule has 28 heavy (non-hydrogen) atoms. The molecule has 0 radical (unpaired) electrons. The van der Waals surface area contributed by atoms with Gasteiger partial charge in [-0.3, -0.25) is 9.48 Å². The van der Waals surface area contributed by atoms with Gasteiger partial charge in [-0.1, -0.05) is 18.9 Å². The Morgan fingerprint density at radius 1 is 1.07 bits per heavy atom. The largest absolute Gasteiger partial charge is 0.391 e. The number of nitrogens with zero attached hydrogens (tertiary/aromatic N) is 4. The fraction of sp³-hybridized carbons (Fsp3) is 0.455. The normalized spacial score (nSPS) is 20.9. The lowest BCUT2D eigenvalue weighted by molar-refractivity contribution is 0.0475. The maximum Gasteiger partial charge on any atom is 0.256 e. The summed E-state index contributed by atoms with van der Waals surface area (Å²) in [5.74, 6) is -0.0103. The molecular formula is C22H26N4O2. The van der Waals surface area contributed by atoms with Crippen molar-refractivity contribution in [2.45, 2.75) is 50.7 Å². The second-order valence-electron chi connectivity index (χ2n) is 8.07. The van der Waals surface area contributed by atoms with Crippen LogP contribution in [0.4, 0.5) is 0 Å². The average Bonchev–Trinajstić information content (AvgIpc) is 3.45. The standard InChI is InChI=1S/C22H26N4O2/c27-17-8-5-11-24(15-17)22(28)18-14-21(25-12-4-3-9-20(18)25)19-10-13-26(23-19)16-6-1-2-7-16/h3-4,9-10,12-14,16-17,27H,1-2,5-8,11,15H2. The number of amides is 1. The minimum atomic E-state index is -0.423. The Bertz CT molecular complexity index is 999. The van der Waals surface area contributed by atoms with Gasteiger partial charge in [0.05, 0.1) is 28.9 Å². The summed E-state index contributed by atoms with van der Waals surface area (Å²) in [6.45, 7) is 1.11. The topological polar surface area (TPSA) is 62.8 Å². The highest BCUT2D eigenvalue weighted by Crippen LogP contribution is 2.31. The predicted molar refractivity (Wildman–Crippen MR) is 107 cm³/mol. The van der Waals surface area contributed by atoms with Crippen molar-refractivity contribution < 1.29 is 9.90 Å². The van der Waals surface area contributed by atoms with Crippen molar-refractivity contribution in [3.05, 3.63) is 48.3 Å². The highest BCUT2D eigenvalue weighted by atomic mass is 16.3. The van der Waals surface area contributed by atoms with Crippen molar-refractivity contribution in [2.24, 2.45) is 0 Å². The third-order valence-corrected chi connectivity index (χ3v) is 6.16. The number of hydrogen-bond donors (Lipinski definition) is 1. The molecule has 3 aromatic rings. The highest BCUT2D eigenvalue weighted by Gasteiger charge is 2.26. The zero-order valence-corrected chi connectivity index (χ0v) is 16.0. The van der Waals surface area contributed by atoms with Gasteiger partial charge in [-0.05, 0) is 49.9 Å². The van der Waals surface area contributed by atoms with Crippen molar-refractivity contribution in [3.8, 4) is 11.4 Å². The second kappa shape index (κ2) is 7.09. The second-order valence-corrected chi connectivity index (χ2v) is 8.07. The van der Waals surface area contributed by atoms with Gasteiger partial charge in [-0.15, -0.1) is 0 Å². The number of pyridine rings is 1. The average molecular weight is 378 g/mol. The first-order valence-corrected chi connectivity index (χ1v) is 10.3. The summed E-state index contributed by atoms with van der Waals surface area (Å²) < 4.78 is 4.14. The summed E-state index contributed by atoms with van der Waals surface area (Å²) in [6, 6.07) is 10.4. The van der Waals surface area contributed by atoms with E-state index in [-0.39, 0.29) is 5.91 Å². The Labute approximate surface area is 164 Å². The van der Waals surface area contributed by atoms with Crippen LogP contribution in [0.25, 0.3) is 16.9 Å². The van der Waals surface area contributed by atoms with Crippen LogP contribution in [-0.2, 0) is 0 Å². The van der Waals surface area contributed by atoms with Gasteiger partial charge in [0.15, 0.2) is 0 Å². The van der Waals surface area contributed by atoms with Crippen molar-refractivity contribution >= 4 is 11.4 Å². The van der Waals surface area contributed by atoms with Crippen molar-refractivity contribution in [2.75, 3.05) is 13.1 Å². The Hall–Kier alpha value is -2.60. The van der Waals surface area contributed by atoms with Crippen LogP contribution < -0.4 is 0 Å².